The maximum absolute atomic E-state index is 11.1. The van der Waals surface area contributed by atoms with Crippen molar-refractivity contribution in [2.45, 2.75) is 0 Å². The van der Waals surface area contributed by atoms with E-state index in [0.717, 1.165) is 24.4 Å². The van der Waals surface area contributed by atoms with Crippen molar-refractivity contribution in [3.63, 3.8) is 0 Å². The van der Waals surface area contributed by atoms with Gasteiger partial charge in [-0.15, -0.1) is 0 Å². The molecule has 0 fully saturated rings. The number of hydrogen-bond acceptors (Lipinski definition) is 6. The predicted molar refractivity (Wildman–Crippen MR) is 113 cm³/mol. The van der Waals surface area contributed by atoms with Crippen LogP contribution in [0.25, 0.3) is 10.9 Å². The monoisotopic (exact) mass is 432 g/mol. The molecule has 152 valence electrons. The normalized spacial score (nSPS) is 10.7. The molecule has 0 saturated heterocycles. The van der Waals surface area contributed by atoms with Crippen LogP contribution in [0.3, 0.4) is 0 Å². The second kappa shape index (κ2) is 13.0. The average Bonchev–Trinajstić information content (AvgIpc) is 2.67. The smallest absolute Gasteiger partial charge is 0.300 e. The van der Waals surface area contributed by atoms with Gasteiger partial charge in [0.05, 0.1) is 0 Å². The summed E-state index contributed by atoms with van der Waals surface area (Å²) in [7, 11) is -6.44. The van der Waals surface area contributed by atoms with Crippen molar-refractivity contribution >= 4 is 32.0 Å². The van der Waals surface area contributed by atoms with Crippen molar-refractivity contribution in [1.29, 1.82) is 5.26 Å². The number of carbonyl (C=O) groups excluding carboxylic acids is 1. The van der Waals surface area contributed by atoms with Gasteiger partial charge in [0, 0.05) is 18.1 Å². The number of nitrogens with zero attached hydrogens (tertiary/aromatic N) is 2. The van der Waals surface area contributed by atoms with Gasteiger partial charge in [-0.3, -0.25) is 9.64 Å². The topological polar surface area (TPSA) is 114 Å². The van der Waals surface area contributed by atoms with Crippen LogP contribution >= 0.6 is 0 Å². The molecule has 2 aromatic carbocycles. The van der Waals surface area contributed by atoms with E-state index in [1.807, 2.05) is 24.3 Å². The van der Waals surface area contributed by atoms with Crippen molar-refractivity contribution in [1.82, 2.24) is 0 Å². The van der Waals surface area contributed by atoms with Gasteiger partial charge < -0.3 is 0 Å². The fourth-order valence-electron chi connectivity index (χ4n) is 1.57. The first kappa shape index (κ1) is 25.7. The number of carbonyl (C=O) groups is 1. The fraction of sp³-hybridized carbons (Fsp3) is 0.150. The minimum atomic E-state index is -3.41. The average molecular weight is 433 g/mol. The van der Waals surface area contributed by atoms with Gasteiger partial charge in [-0.05, 0) is 11.6 Å². The van der Waals surface area contributed by atoms with E-state index in [9.17, 15) is 21.6 Å². The van der Waals surface area contributed by atoms with Crippen molar-refractivity contribution in [2.24, 2.45) is 0 Å². The lowest BCUT2D eigenvalue weighted by atomic mass is 10.2. The second-order valence-corrected chi connectivity index (χ2v) is 9.64. The molecule has 0 aliphatic rings. The van der Waals surface area contributed by atoms with Gasteiger partial charge in [-0.2, -0.15) is 5.26 Å². The summed E-state index contributed by atoms with van der Waals surface area (Å²) in [6.45, 7) is 6.10. The van der Waals surface area contributed by atoms with Crippen LogP contribution in [0.5, 0.6) is 0 Å². The molecule has 0 aliphatic heterocycles. The minimum Gasteiger partial charge on any atom is -0.300 e. The van der Waals surface area contributed by atoms with E-state index >= 15 is 0 Å². The summed E-state index contributed by atoms with van der Waals surface area (Å²) in [6, 6.07) is 19.6. The van der Waals surface area contributed by atoms with Gasteiger partial charge in [0.25, 0.3) is 0 Å². The molecule has 0 N–H and O–H groups in total. The van der Waals surface area contributed by atoms with Gasteiger partial charge in [-0.1, -0.05) is 60.7 Å². The molecule has 9 heteroatoms. The van der Waals surface area contributed by atoms with Gasteiger partial charge in [0.15, 0.2) is 9.84 Å². The maximum atomic E-state index is 11.1. The number of aldehydes is 1. The van der Waals surface area contributed by atoms with Crippen LogP contribution < -0.4 is 0 Å². The van der Waals surface area contributed by atoms with Crippen molar-refractivity contribution in [2.75, 3.05) is 18.4 Å². The molecule has 0 bridgehead atoms. The van der Waals surface area contributed by atoms with Crippen LogP contribution in [0.4, 0.5) is 0 Å². The minimum absolute atomic E-state index is 0.219. The number of nitriles is 1. The highest BCUT2D eigenvalue weighted by Gasteiger charge is 2.09. The molecule has 7 nitrogen and oxygen atoms in total. The largest absolute Gasteiger partial charge is 0.311 e. The van der Waals surface area contributed by atoms with Gasteiger partial charge >= 0.3 is 5.88 Å². The molecule has 0 amide bonds. The SMILES string of the molecule is CS(=O)(=O)/C(C#N)=C/c1ccccc1.O=Cc1ccccc1.[C-]#[N+]CS(C)(=O)=O. The van der Waals surface area contributed by atoms with Gasteiger partial charge in [0.2, 0.25) is 9.84 Å². The lowest BCUT2D eigenvalue weighted by molar-refractivity contribution is 0.112. The summed E-state index contributed by atoms with van der Waals surface area (Å²) in [5, 5.41) is 8.63. The van der Waals surface area contributed by atoms with Gasteiger partial charge in [-0.25, -0.2) is 23.4 Å². The van der Waals surface area contributed by atoms with Crippen molar-refractivity contribution < 1.29 is 21.6 Å². The van der Waals surface area contributed by atoms with E-state index in [1.165, 1.54) is 6.08 Å². The third-order valence-electron chi connectivity index (χ3n) is 2.84. The molecule has 2 aromatic rings. The quantitative estimate of drug-likeness (QED) is 0.417. The van der Waals surface area contributed by atoms with Crippen LogP contribution in [0.2, 0.25) is 0 Å². The molecule has 29 heavy (non-hydrogen) atoms. The lowest BCUT2D eigenvalue weighted by Crippen LogP contribution is -1.98. The van der Waals surface area contributed by atoms with Crippen LogP contribution in [-0.2, 0) is 19.7 Å². The lowest BCUT2D eigenvalue weighted by Gasteiger charge is -1.95. The Labute approximate surface area is 171 Å². The van der Waals surface area contributed by atoms with Crippen LogP contribution in [0.15, 0.2) is 65.6 Å². The number of sulfone groups is 2. The summed E-state index contributed by atoms with van der Waals surface area (Å²) < 4.78 is 42.2. The number of rotatable bonds is 4. The summed E-state index contributed by atoms with van der Waals surface area (Å²) >= 11 is 0. The van der Waals surface area contributed by atoms with E-state index < -0.39 is 25.6 Å². The zero-order valence-electron chi connectivity index (χ0n) is 15.9. The Kier molecular flexibility index (Phi) is 11.5. The third-order valence-corrected chi connectivity index (χ3v) is 4.45. The number of allylic oxidation sites excluding steroid dienone is 1. The Morgan fingerprint density at radius 3 is 1.66 bits per heavy atom. The Morgan fingerprint density at radius 1 is 0.966 bits per heavy atom. The molecule has 0 aromatic heterocycles. The van der Waals surface area contributed by atoms with E-state index in [2.05, 4.69) is 4.85 Å². The molecule has 2 rings (SSSR count). The zero-order chi connectivity index (χ0) is 22.3. The standard InChI is InChI=1S/C10H9NO2S.C7H6O.C3H5NO2S/c1-14(12,13)10(8-11)7-9-5-3-2-4-6-9;8-6-7-4-2-1-3-5-7;1-4-3-7(2,5)6/h2-7H,1H3;1-6H;3H2,2H3/b10-7+;;. The highest BCUT2D eigenvalue weighted by molar-refractivity contribution is 7.95. The first-order valence-corrected chi connectivity index (χ1v) is 11.9. The molecular formula is C20H20N2O5S2. The van der Waals surface area contributed by atoms with E-state index in [-0.39, 0.29) is 4.91 Å². The molecular weight excluding hydrogens is 412 g/mol. The van der Waals surface area contributed by atoms with Crippen molar-refractivity contribution in [3.05, 3.63) is 88.1 Å². The van der Waals surface area contributed by atoms with Crippen LogP contribution in [0, 0.1) is 17.9 Å². The molecule has 0 spiro atoms. The predicted octanol–water partition coefficient (Wildman–Crippen LogP) is 3.00. The Morgan fingerprint density at radius 2 is 1.41 bits per heavy atom. The molecule has 0 saturated carbocycles. The molecule has 0 heterocycles. The summed E-state index contributed by atoms with van der Waals surface area (Å²) in [6.07, 6.45) is 4.24. The first-order chi connectivity index (χ1) is 13.5. The van der Waals surface area contributed by atoms with Crippen LogP contribution in [0.1, 0.15) is 15.9 Å². The summed E-state index contributed by atoms with van der Waals surface area (Å²) in [4.78, 5) is 12.5. The Bertz CT molecular complexity index is 1090. The van der Waals surface area contributed by atoms with E-state index in [0.29, 0.717) is 5.56 Å². The molecule has 0 unspecified atom stereocenters. The molecule has 0 aliphatic carbocycles. The van der Waals surface area contributed by atoms with E-state index in [1.54, 1.807) is 42.5 Å². The van der Waals surface area contributed by atoms with Gasteiger partial charge in [0.1, 0.15) is 17.3 Å². The highest BCUT2D eigenvalue weighted by Crippen LogP contribution is 2.10. The maximum Gasteiger partial charge on any atom is 0.311 e. The number of hydrogen-bond donors (Lipinski definition) is 0. The van der Waals surface area contributed by atoms with Crippen molar-refractivity contribution in [3.8, 4) is 6.07 Å². The number of benzene rings is 2. The summed E-state index contributed by atoms with van der Waals surface area (Å²) in [5.41, 5.74) is 1.43. The van der Waals surface area contributed by atoms with Crippen LogP contribution in [-0.4, -0.2) is 41.5 Å². The second-order valence-electron chi connectivity index (χ2n) is 5.54. The Hall–Kier alpha value is -3.27. The fourth-order valence-corrected chi connectivity index (χ4v) is 2.32. The highest BCUT2D eigenvalue weighted by atomic mass is 32.2. The first-order valence-electron chi connectivity index (χ1n) is 7.91. The molecule has 0 atom stereocenters. The molecule has 0 radical (unpaired) electrons. The third kappa shape index (κ3) is 13.5. The zero-order valence-corrected chi connectivity index (χ0v) is 17.5. The van der Waals surface area contributed by atoms with E-state index in [4.69, 9.17) is 11.8 Å². The summed E-state index contributed by atoms with van der Waals surface area (Å²) in [5.74, 6) is -0.396. The Balaban J connectivity index is 0.000000444.